The molecule has 0 saturated carbocycles. The molecular formula is C7H12F3NO2S. The normalized spacial score (nSPS) is 26.6. The van der Waals surface area contributed by atoms with Gasteiger partial charge in [0.25, 0.3) is 0 Å². The van der Waals surface area contributed by atoms with Crippen molar-refractivity contribution in [3.05, 3.63) is 0 Å². The van der Waals surface area contributed by atoms with Crippen molar-refractivity contribution in [1.29, 1.82) is 0 Å². The van der Waals surface area contributed by atoms with E-state index in [4.69, 9.17) is 0 Å². The summed E-state index contributed by atoms with van der Waals surface area (Å²) in [5.41, 5.74) is 0. The van der Waals surface area contributed by atoms with E-state index in [0.717, 1.165) is 0 Å². The highest BCUT2D eigenvalue weighted by atomic mass is 32.2. The lowest BCUT2D eigenvalue weighted by Crippen LogP contribution is -2.36. The second-order valence-corrected chi connectivity index (χ2v) is 5.78. The van der Waals surface area contributed by atoms with Crippen LogP contribution in [0.15, 0.2) is 0 Å². The molecule has 0 bridgehead atoms. The SMILES string of the molecule is O=S1(=O)CCCC1CNCC(F)(F)F. The molecule has 0 radical (unpaired) electrons. The standard InChI is InChI=1S/C7H12F3NO2S/c8-7(9,10)5-11-4-6-2-1-3-14(6,12)13/h6,11H,1-5H2. The Kier molecular flexibility index (Phi) is 3.41. The highest BCUT2D eigenvalue weighted by molar-refractivity contribution is 7.92. The Morgan fingerprint density at radius 1 is 1.36 bits per heavy atom. The zero-order chi connectivity index (χ0) is 10.8. The van der Waals surface area contributed by atoms with Crippen molar-refractivity contribution >= 4 is 9.84 Å². The molecule has 1 saturated heterocycles. The van der Waals surface area contributed by atoms with Gasteiger partial charge in [-0.25, -0.2) is 8.42 Å². The van der Waals surface area contributed by atoms with E-state index in [2.05, 4.69) is 5.32 Å². The summed E-state index contributed by atoms with van der Waals surface area (Å²) >= 11 is 0. The third-order valence-corrected chi connectivity index (χ3v) is 4.44. The van der Waals surface area contributed by atoms with Gasteiger partial charge in [0.2, 0.25) is 0 Å². The third kappa shape index (κ3) is 3.45. The summed E-state index contributed by atoms with van der Waals surface area (Å²) in [5.74, 6) is 0.103. The van der Waals surface area contributed by atoms with E-state index in [1.165, 1.54) is 0 Å². The van der Waals surface area contributed by atoms with Gasteiger partial charge in [0, 0.05) is 6.54 Å². The Morgan fingerprint density at radius 2 is 2.00 bits per heavy atom. The summed E-state index contributed by atoms with van der Waals surface area (Å²) < 4.78 is 57.5. The van der Waals surface area contributed by atoms with Crippen LogP contribution in [0.25, 0.3) is 0 Å². The van der Waals surface area contributed by atoms with E-state index in [9.17, 15) is 21.6 Å². The fourth-order valence-corrected chi connectivity index (χ4v) is 3.26. The topological polar surface area (TPSA) is 46.2 Å². The molecule has 1 atom stereocenters. The monoisotopic (exact) mass is 231 g/mol. The number of hydrogen-bond acceptors (Lipinski definition) is 3. The lowest BCUT2D eigenvalue weighted by atomic mass is 10.2. The van der Waals surface area contributed by atoms with Gasteiger partial charge in [-0.3, -0.25) is 0 Å². The van der Waals surface area contributed by atoms with E-state index in [0.29, 0.717) is 12.8 Å². The van der Waals surface area contributed by atoms with Crippen molar-refractivity contribution in [3.63, 3.8) is 0 Å². The Hall–Kier alpha value is -0.300. The summed E-state index contributed by atoms with van der Waals surface area (Å²) in [4.78, 5) is 0. The van der Waals surface area contributed by atoms with Crippen molar-refractivity contribution in [2.75, 3.05) is 18.8 Å². The Morgan fingerprint density at radius 3 is 2.43 bits per heavy atom. The van der Waals surface area contributed by atoms with Gasteiger partial charge < -0.3 is 5.32 Å². The van der Waals surface area contributed by atoms with Crippen LogP contribution in [0.1, 0.15) is 12.8 Å². The molecule has 0 amide bonds. The van der Waals surface area contributed by atoms with Crippen LogP contribution in [0.2, 0.25) is 0 Å². The first-order valence-corrected chi connectivity index (χ1v) is 6.02. The molecule has 84 valence electrons. The predicted molar refractivity (Wildman–Crippen MR) is 45.7 cm³/mol. The number of rotatable bonds is 3. The van der Waals surface area contributed by atoms with E-state index in [-0.39, 0.29) is 12.3 Å². The molecule has 1 unspecified atom stereocenters. The summed E-state index contributed by atoms with van der Waals surface area (Å²) in [7, 11) is -3.13. The molecular weight excluding hydrogens is 219 g/mol. The number of sulfone groups is 1. The zero-order valence-electron chi connectivity index (χ0n) is 7.47. The van der Waals surface area contributed by atoms with Gasteiger partial charge in [0.1, 0.15) is 0 Å². The van der Waals surface area contributed by atoms with Gasteiger partial charge in [-0.1, -0.05) is 0 Å². The zero-order valence-corrected chi connectivity index (χ0v) is 8.29. The fraction of sp³-hybridized carbons (Fsp3) is 1.00. The molecule has 0 aliphatic carbocycles. The third-order valence-electron chi connectivity index (χ3n) is 2.16. The molecule has 0 aromatic rings. The Balaban J connectivity index is 2.33. The minimum absolute atomic E-state index is 0.0954. The lowest BCUT2D eigenvalue weighted by Gasteiger charge is -2.12. The molecule has 1 fully saturated rings. The molecule has 0 spiro atoms. The number of nitrogens with one attached hydrogen (secondary N) is 1. The first-order chi connectivity index (χ1) is 6.31. The van der Waals surface area contributed by atoms with Crippen molar-refractivity contribution in [1.82, 2.24) is 5.32 Å². The minimum atomic E-state index is -4.28. The molecule has 14 heavy (non-hydrogen) atoms. The van der Waals surface area contributed by atoms with E-state index in [1.54, 1.807) is 0 Å². The summed E-state index contributed by atoms with van der Waals surface area (Å²) in [6, 6.07) is 0. The number of alkyl halides is 3. The Bertz CT molecular complexity index is 286. The molecule has 1 heterocycles. The molecule has 7 heteroatoms. The number of hydrogen-bond donors (Lipinski definition) is 1. The maximum absolute atomic E-state index is 11.7. The molecule has 1 aliphatic rings. The highest BCUT2D eigenvalue weighted by Crippen LogP contribution is 2.19. The van der Waals surface area contributed by atoms with Gasteiger partial charge in [-0.2, -0.15) is 13.2 Å². The molecule has 0 aromatic heterocycles. The summed E-state index contributed by atoms with van der Waals surface area (Å²) in [6.45, 7) is -1.22. The highest BCUT2D eigenvalue weighted by Gasteiger charge is 2.32. The van der Waals surface area contributed by atoms with Crippen LogP contribution in [0.3, 0.4) is 0 Å². The van der Waals surface area contributed by atoms with Crippen LogP contribution in [0, 0.1) is 0 Å². The van der Waals surface area contributed by atoms with E-state index < -0.39 is 27.8 Å². The largest absolute Gasteiger partial charge is 0.401 e. The van der Waals surface area contributed by atoms with Gasteiger partial charge in [0.15, 0.2) is 9.84 Å². The minimum Gasteiger partial charge on any atom is -0.307 e. The van der Waals surface area contributed by atoms with E-state index >= 15 is 0 Å². The van der Waals surface area contributed by atoms with Crippen molar-refractivity contribution in [3.8, 4) is 0 Å². The van der Waals surface area contributed by atoms with E-state index in [1.807, 2.05) is 0 Å². The smallest absolute Gasteiger partial charge is 0.307 e. The van der Waals surface area contributed by atoms with Crippen LogP contribution in [-0.4, -0.2) is 38.7 Å². The fourth-order valence-electron chi connectivity index (χ4n) is 1.46. The molecule has 0 aromatic carbocycles. The lowest BCUT2D eigenvalue weighted by molar-refractivity contribution is -0.124. The molecule has 3 nitrogen and oxygen atoms in total. The number of halogens is 3. The van der Waals surface area contributed by atoms with Crippen molar-refractivity contribution < 1.29 is 21.6 Å². The van der Waals surface area contributed by atoms with Gasteiger partial charge in [-0.05, 0) is 12.8 Å². The van der Waals surface area contributed by atoms with Crippen molar-refractivity contribution in [2.24, 2.45) is 0 Å². The van der Waals surface area contributed by atoms with Gasteiger partial charge in [-0.15, -0.1) is 0 Å². The van der Waals surface area contributed by atoms with Crippen LogP contribution in [-0.2, 0) is 9.84 Å². The quantitative estimate of drug-likeness (QED) is 0.778. The Labute approximate surface area is 80.6 Å². The van der Waals surface area contributed by atoms with Gasteiger partial charge >= 0.3 is 6.18 Å². The average Bonchev–Trinajstić information content (AvgIpc) is 2.28. The van der Waals surface area contributed by atoms with Crippen LogP contribution in [0.5, 0.6) is 0 Å². The molecule has 1 aliphatic heterocycles. The second-order valence-electron chi connectivity index (χ2n) is 3.38. The molecule has 1 N–H and O–H groups in total. The van der Waals surface area contributed by atoms with Crippen LogP contribution in [0.4, 0.5) is 13.2 Å². The summed E-state index contributed by atoms with van der Waals surface area (Å²) in [6.07, 6.45) is -3.25. The first kappa shape index (κ1) is 11.8. The average molecular weight is 231 g/mol. The maximum atomic E-state index is 11.7. The summed E-state index contributed by atoms with van der Waals surface area (Å²) in [5, 5.41) is 1.48. The first-order valence-electron chi connectivity index (χ1n) is 4.30. The van der Waals surface area contributed by atoms with Crippen molar-refractivity contribution in [2.45, 2.75) is 24.3 Å². The predicted octanol–water partition coefficient (Wildman–Crippen LogP) is 0.716. The second kappa shape index (κ2) is 4.06. The maximum Gasteiger partial charge on any atom is 0.401 e. The molecule has 1 rings (SSSR count). The van der Waals surface area contributed by atoms with Crippen LogP contribution >= 0.6 is 0 Å². The van der Waals surface area contributed by atoms with Crippen LogP contribution < -0.4 is 5.32 Å². The van der Waals surface area contributed by atoms with Gasteiger partial charge in [0.05, 0.1) is 17.5 Å².